The van der Waals surface area contributed by atoms with E-state index in [0.717, 1.165) is 4.99 Å². The fraction of sp³-hybridized carbons (Fsp3) is 0.273. The van der Waals surface area contributed by atoms with E-state index in [4.69, 9.17) is 12.2 Å². The lowest BCUT2D eigenvalue weighted by Crippen LogP contribution is -2.27. The molecule has 0 unspecified atom stereocenters. The number of hydrogen-bond acceptors (Lipinski definition) is 3. The number of rotatable bonds is 6. The molecule has 0 atom stereocenters. The van der Waals surface area contributed by atoms with Crippen LogP contribution in [0.1, 0.15) is 13.8 Å². The second-order valence-corrected chi connectivity index (χ2v) is 3.12. The van der Waals surface area contributed by atoms with Crippen LogP contribution in [0.2, 0.25) is 0 Å². The molecule has 0 aromatic heterocycles. The van der Waals surface area contributed by atoms with Crippen molar-refractivity contribution in [1.29, 1.82) is 0 Å². The molecule has 0 radical (unpaired) electrons. The standard InChI is InChI=1S/C11H17N3S/c1-4-9-14(6-3)10-11(15)13-8-7-12-5-2/h4-9H,3,10H2,1-2H3,(H,13,15)/b8-7-,9-4-,12-5?. The predicted octanol–water partition coefficient (Wildman–Crippen LogP) is 2.44. The first-order valence-electron chi connectivity index (χ1n) is 4.67. The molecule has 15 heavy (non-hydrogen) atoms. The Morgan fingerprint density at radius 1 is 1.53 bits per heavy atom. The maximum absolute atomic E-state index is 5.12. The van der Waals surface area contributed by atoms with Gasteiger partial charge < -0.3 is 10.2 Å². The van der Waals surface area contributed by atoms with E-state index >= 15 is 0 Å². The highest BCUT2D eigenvalue weighted by Crippen LogP contribution is 1.91. The molecule has 0 bridgehead atoms. The van der Waals surface area contributed by atoms with Crippen molar-refractivity contribution in [3.8, 4) is 0 Å². The van der Waals surface area contributed by atoms with Gasteiger partial charge in [-0.2, -0.15) is 0 Å². The lowest BCUT2D eigenvalue weighted by atomic mass is 10.5. The lowest BCUT2D eigenvalue weighted by molar-refractivity contribution is 0.582. The topological polar surface area (TPSA) is 27.6 Å². The number of allylic oxidation sites excluding steroid dienone is 1. The van der Waals surface area contributed by atoms with Gasteiger partial charge in [0.15, 0.2) is 0 Å². The largest absolute Gasteiger partial charge is 0.353 e. The average molecular weight is 223 g/mol. The Labute approximate surface area is 96.9 Å². The molecular formula is C11H17N3S. The quantitative estimate of drug-likeness (QED) is 0.553. The Hall–Kier alpha value is -1.42. The highest BCUT2D eigenvalue weighted by molar-refractivity contribution is 7.80. The van der Waals surface area contributed by atoms with Gasteiger partial charge in [0, 0.05) is 18.6 Å². The van der Waals surface area contributed by atoms with Crippen molar-refractivity contribution in [2.75, 3.05) is 6.54 Å². The summed E-state index contributed by atoms with van der Waals surface area (Å²) in [6.45, 7) is 8.11. The van der Waals surface area contributed by atoms with Crippen LogP contribution in [-0.4, -0.2) is 22.6 Å². The van der Waals surface area contributed by atoms with Crippen molar-refractivity contribution in [3.05, 3.63) is 37.5 Å². The van der Waals surface area contributed by atoms with Crippen molar-refractivity contribution in [2.45, 2.75) is 13.8 Å². The van der Waals surface area contributed by atoms with Gasteiger partial charge in [0.05, 0.1) is 11.5 Å². The predicted molar refractivity (Wildman–Crippen MR) is 70.8 cm³/mol. The molecule has 0 spiro atoms. The lowest BCUT2D eigenvalue weighted by Gasteiger charge is -2.14. The van der Waals surface area contributed by atoms with E-state index in [1.807, 2.05) is 31.0 Å². The molecule has 82 valence electrons. The van der Waals surface area contributed by atoms with E-state index in [9.17, 15) is 0 Å². The van der Waals surface area contributed by atoms with Crippen molar-refractivity contribution in [2.24, 2.45) is 4.99 Å². The zero-order chi connectivity index (χ0) is 11.5. The third kappa shape index (κ3) is 7.64. The summed E-state index contributed by atoms with van der Waals surface area (Å²) in [5.41, 5.74) is 0. The molecule has 0 aliphatic heterocycles. The van der Waals surface area contributed by atoms with Gasteiger partial charge in [-0.3, -0.25) is 4.99 Å². The average Bonchev–Trinajstić information content (AvgIpc) is 2.24. The highest BCUT2D eigenvalue weighted by Gasteiger charge is 1.96. The number of hydrogen-bond donors (Lipinski definition) is 1. The van der Waals surface area contributed by atoms with E-state index < -0.39 is 0 Å². The van der Waals surface area contributed by atoms with Gasteiger partial charge in [-0.15, -0.1) is 0 Å². The van der Waals surface area contributed by atoms with Gasteiger partial charge in [0.2, 0.25) is 0 Å². The molecule has 0 saturated heterocycles. The molecule has 0 aliphatic rings. The second-order valence-electron chi connectivity index (χ2n) is 2.63. The fourth-order valence-electron chi connectivity index (χ4n) is 0.840. The smallest absolute Gasteiger partial charge is 0.0993 e. The number of nitrogens with one attached hydrogen (secondary N) is 1. The van der Waals surface area contributed by atoms with E-state index in [2.05, 4.69) is 16.9 Å². The zero-order valence-corrected chi connectivity index (χ0v) is 10.00. The minimum absolute atomic E-state index is 0.614. The van der Waals surface area contributed by atoms with Crippen molar-refractivity contribution in [3.63, 3.8) is 0 Å². The second kappa shape index (κ2) is 9.15. The van der Waals surface area contributed by atoms with Crippen molar-refractivity contribution < 1.29 is 0 Å². The molecule has 0 heterocycles. The molecule has 0 aliphatic carbocycles. The number of thiocarbonyl (C=S) groups is 1. The van der Waals surface area contributed by atoms with Gasteiger partial charge in [0.25, 0.3) is 0 Å². The molecule has 0 aromatic carbocycles. The van der Waals surface area contributed by atoms with Gasteiger partial charge in [-0.1, -0.05) is 24.9 Å². The first kappa shape index (κ1) is 13.6. The van der Waals surface area contributed by atoms with E-state index in [-0.39, 0.29) is 0 Å². The van der Waals surface area contributed by atoms with E-state index in [0.29, 0.717) is 6.54 Å². The van der Waals surface area contributed by atoms with Gasteiger partial charge in [-0.05, 0) is 26.2 Å². The summed E-state index contributed by atoms with van der Waals surface area (Å²) in [5.74, 6) is 0. The van der Waals surface area contributed by atoms with Crippen LogP contribution in [0.3, 0.4) is 0 Å². The van der Waals surface area contributed by atoms with Crippen LogP contribution >= 0.6 is 12.2 Å². The Bertz CT molecular complexity index is 280. The van der Waals surface area contributed by atoms with Crippen LogP contribution in [0.25, 0.3) is 0 Å². The first-order valence-corrected chi connectivity index (χ1v) is 5.08. The highest BCUT2D eigenvalue weighted by atomic mass is 32.1. The van der Waals surface area contributed by atoms with Crippen LogP contribution in [0.5, 0.6) is 0 Å². The first-order chi connectivity index (χ1) is 7.24. The zero-order valence-electron chi connectivity index (χ0n) is 9.18. The Morgan fingerprint density at radius 3 is 2.80 bits per heavy atom. The molecule has 4 heteroatoms. The summed E-state index contributed by atoms with van der Waals surface area (Å²) in [7, 11) is 0. The maximum atomic E-state index is 5.12. The van der Waals surface area contributed by atoms with Crippen LogP contribution in [0, 0.1) is 0 Å². The number of aliphatic imine (C=N–C) groups is 1. The summed E-state index contributed by atoms with van der Waals surface area (Å²) in [6, 6.07) is 0. The summed E-state index contributed by atoms with van der Waals surface area (Å²) in [4.78, 5) is 6.52. The van der Waals surface area contributed by atoms with Gasteiger partial charge >= 0.3 is 0 Å². The molecule has 3 nitrogen and oxygen atoms in total. The Morgan fingerprint density at radius 2 is 2.27 bits per heavy atom. The minimum Gasteiger partial charge on any atom is -0.353 e. The van der Waals surface area contributed by atoms with E-state index in [1.165, 1.54) is 0 Å². The monoisotopic (exact) mass is 223 g/mol. The summed E-state index contributed by atoms with van der Waals surface area (Å²) in [6.07, 6.45) is 10.6. The third-order valence-corrected chi connectivity index (χ3v) is 1.70. The van der Waals surface area contributed by atoms with Gasteiger partial charge in [0.1, 0.15) is 0 Å². The molecule has 0 fully saturated rings. The van der Waals surface area contributed by atoms with Crippen molar-refractivity contribution in [1.82, 2.24) is 10.2 Å². The molecule has 0 aromatic rings. The molecule has 0 amide bonds. The van der Waals surface area contributed by atoms with Crippen LogP contribution < -0.4 is 5.32 Å². The summed E-state index contributed by atoms with van der Waals surface area (Å²) in [5, 5.41) is 2.95. The van der Waals surface area contributed by atoms with Crippen molar-refractivity contribution >= 4 is 23.4 Å². The maximum Gasteiger partial charge on any atom is 0.0993 e. The molecule has 0 rings (SSSR count). The molecule has 0 saturated carbocycles. The van der Waals surface area contributed by atoms with E-state index in [1.54, 1.807) is 24.8 Å². The number of nitrogens with zero attached hydrogens (tertiary/aromatic N) is 2. The minimum atomic E-state index is 0.614. The normalized spacial score (nSPS) is 11.3. The Kier molecular flexibility index (Phi) is 8.28. The fourth-order valence-corrected chi connectivity index (χ4v) is 1.06. The SMILES string of the molecule is C=CN(/C=C\C)CC(=S)N/C=C\N=CC. The third-order valence-electron chi connectivity index (χ3n) is 1.46. The van der Waals surface area contributed by atoms with Gasteiger partial charge in [-0.25, -0.2) is 0 Å². The molecular weight excluding hydrogens is 206 g/mol. The Balaban J connectivity index is 3.96. The summed E-state index contributed by atoms with van der Waals surface area (Å²) >= 11 is 5.12. The van der Waals surface area contributed by atoms with Crippen LogP contribution in [-0.2, 0) is 0 Å². The van der Waals surface area contributed by atoms with Crippen LogP contribution in [0.4, 0.5) is 0 Å². The summed E-state index contributed by atoms with van der Waals surface area (Å²) < 4.78 is 0. The molecule has 1 N–H and O–H groups in total. The van der Waals surface area contributed by atoms with Crippen LogP contribution in [0.15, 0.2) is 42.4 Å².